The van der Waals surface area contributed by atoms with E-state index < -0.39 is 23.1 Å². The Morgan fingerprint density at radius 1 is 1.02 bits per heavy atom. The molecular formula is C37H52N2O6. The predicted octanol–water partition coefficient (Wildman–Crippen LogP) is 6.88. The number of fused-ring (bicyclic) bond motifs is 7. The number of hydrogen-bond donors (Lipinski definition) is 1. The number of nitrogens with zero attached hydrogens (tertiary/aromatic N) is 1. The van der Waals surface area contributed by atoms with Crippen LogP contribution in [0.5, 0.6) is 0 Å². The number of carbonyl (C=O) groups is 4. The minimum atomic E-state index is -0.668. The molecule has 1 amide bonds. The average Bonchev–Trinajstić information content (AvgIpc) is 2.93. The van der Waals surface area contributed by atoms with E-state index in [1.807, 2.05) is 19.1 Å². The zero-order chi connectivity index (χ0) is 33.4. The molecule has 8 nitrogen and oxygen atoms in total. The number of allylic oxidation sites excluding steroid dienone is 4. The first-order valence-electron chi connectivity index (χ1n) is 16.8. The molecule has 0 aromatic heterocycles. The summed E-state index contributed by atoms with van der Waals surface area (Å²) in [6.07, 6.45) is 9.28. The minimum absolute atomic E-state index is 0.0383. The zero-order valence-corrected chi connectivity index (χ0v) is 28.7. The number of nitrogens with one attached hydrogen (secondary N) is 1. The molecule has 5 aliphatic carbocycles. The first kappa shape index (κ1) is 33.4. The summed E-state index contributed by atoms with van der Waals surface area (Å²) in [7, 11) is 0. The van der Waals surface area contributed by atoms with E-state index in [9.17, 15) is 24.4 Å². The van der Waals surface area contributed by atoms with E-state index in [0.717, 1.165) is 50.5 Å². The lowest BCUT2D eigenvalue weighted by Gasteiger charge is -2.68. The molecule has 0 aromatic rings. The first-order valence-corrected chi connectivity index (χ1v) is 16.8. The third-order valence-electron chi connectivity index (χ3n) is 13.0. The Kier molecular flexibility index (Phi) is 8.03. The summed E-state index contributed by atoms with van der Waals surface area (Å²) in [5.41, 5.74) is -0.778. The van der Waals surface area contributed by atoms with Gasteiger partial charge >= 0.3 is 12.1 Å². The molecule has 0 saturated heterocycles. The highest BCUT2D eigenvalue weighted by Crippen LogP contribution is 2.73. The number of ketones is 2. The van der Waals surface area contributed by atoms with E-state index in [-0.39, 0.29) is 75.6 Å². The van der Waals surface area contributed by atoms with Crippen LogP contribution in [0.1, 0.15) is 107 Å². The molecule has 0 heterocycles. The number of esters is 1. The molecule has 45 heavy (non-hydrogen) atoms. The van der Waals surface area contributed by atoms with Crippen LogP contribution < -0.4 is 5.32 Å². The molecule has 8 heteroatoms. The lowest BCUT2D eigenvalue weighted by molar-refractivity contribution is -0.183. The van der Waals surface area contributed by atoms with Gasteiger partial charge in [-0.05, 0) is 99.9 Å². The van der Waals surface area contributed by atoms with Gasteiger partial charge in [-0.25, -0.2) is 4.79 Å². The number of hydrogen-bond acceptors (Lipinski definition) is 7. The van der Waals surface area contributed by atoms with E-state index in [2.05, 4.69) is 46.0 Å². The van der Waals surface area contributed by atoms with Crippen molar-refractivity contribution in [3.05, 3.63) is 23.3 Å². The number of nitriles is 1. The lowest BCUT2D eigenvalue weighted by Crippen LogP contribution is -2.64. The minimum Gasteiger partial charge on any atom is -0.464 e. The summed E-state index contributed by atoms with van der Waals surface area (Å²) < 4.78 is 11.1. The van der Waals surface area contributed by atoms with Gasteiger partial charge in [0.25, 0.3) is 0 Å². The van der Waals surface area contributed by atoms with Crippen LogP contribution in [-0.4, -0.2) is 42.4 Å². The summed E-state index contributed by atoms with van der Waals surface area (Å²) in [6.45, 7) is 18.5. The van der Waals surface area contributed by atoms with Crippen molar-refractivity contribution in [2.24, 2.45) is 50.7 Å². The van der Waals surface area contributed by atoms with Gasteiger partial charge in [-0.15, -0.1) is 0 Å². The van der Waals surface area contributed by atoms with Gasteiger partial charge < -0.3 is 14.8 Å². The fourth-order valence-electron chi connectivity index (χ4n) is 10.3. The number of carbonyl (C=O) groups excluding carboxylic acids is 4. The molecule has 1 N–H and O–H groups in total. The van der Waals surface area contributed by atoms with E-state index in [0.29, 0.717) is 0 Å². The first-order chi connectivity index (χ1) is 20.7. The summed E-state index contributed by atoms with van der Waals surface area (Å²) in [4.78, 5) is 52.5. The SMILES string of the molecule is C[C@@H]1C(=O)C(C#N)=C[C@]2(C)C3=CC(=O)C4C5CC(C)(C)CC[C@]5(COC(=O)CNC(=O)OC(C)(C)C)CC[C@@]4(C)[C@]3(C)CC[C@@H]12. The molecule has 0 aliphatic heterocycles. The average molecular weight is 621 g/mol. The highest BCUT2D eigenvalue weighted by atomic mass is 16.6. The molecule has 0 aromatic carbocycles. The Morgan fingerprint density at radius 3 is 2.33 bits per heavy atom. The standard InChI is InChI=1S/C37H52N2O6/c1-22-24-10-11-35(8)27(34(24,7)17-23(19-38)30(22)42)16-26(40)29-25-18-33(5,6)12-14-37(25,15-13-36(29,35)9)21-44-28(41)20-39-31(43)45-32(2,3)4/h16-17,22,24-25,29H,10-15,18,20-21H2,1-9H3,(H,39,43)/t22-,24-,25?,29?,34-,35+,36+,37+/m0/s1. The third kappa shape index (κ3) is 5.36. The van der Waals surface area contributed by atoms with Gasteiger partial charge in [-0.3, -0.25) is 14.4 Å². The summed E-state index contributed by atoms with van der Waals surface area (Å²) in [5.74, 6) is -0.857. The predicted molar refractivity (Wildman–Crippen MR) is 169 cm³/mol. The maximum Gasteiger partial charge on any atom is 0.408 e. The topological polar surface area (TPSA) is 123 Å². The highest BCUT2D eigenvalue weighted by Gasteiger charge is 2.69. The summed E-state index contributed by atoms with van der Waals surface area (Å²) in [5, 5.41) is 12.3. The Hall–Kier alpha value is -2.95. The molecular weight excluding hydrogens is 568 g/mol. The van der Waals surface area contributed by atoms with Crippen molar-refractivity contribution in [3.63, 3.8) is 0 Å². The lowest BCUT2D eigenvalue weighted by atomic mass is 9.35. The second kappa shape index (κ2) is 10.8. The molecule has 3 saturated carbocycles. The van der Waals surface area contributed by atoms with E-state index in [1.54, 1.807) is 20.8 Å². The number of alkyl carbamates (subject to hydrolysis) is 1. The van der Waals surface area contributed by atoms with Crippen molar-refractivity contribution in [1.82, 2.24) is 5.32 Å². The molecule has 246 valence electrons. The summed E-state index contributed by atoms with van der Waals surface area (Å²) >= 11 is 0. The normalized spacial score (nSPS) is 40.3. The van der Waals surface area contributed by atoms with Crippen LogP contribution in [0.15, 0.2) is 23.3 Å². The van der Waals surface area contributed by atoms with Crippen LogP contribution in [0, 0.1) is 62.1 Å². The van der Waals surface area contributed by atoms with Crippen molar-refractivity contribution in [1.29, 1.82) is 5.26 Å². The smallest absolute Gasteiger partial charge is 0.408 e. The van der Waals surface area contributed by atoms with Gasteiger partial charge in [0.2, 0.25) is 0 Å². The quantitative estimate of drug-likeness (QED) is 0.340. The molecule has 5 rings (SSSR count). The van der Waals surface area contributed by atoms with Crippen molar-refractivity contribution in [2.45, 2.75) is 113 Å². The zero-order valence-electron chi connectivity index (χ0n) is 28.7. The molecule has 2 unspecified atom stereocenters. The van der Waals surface area contributed by atoms with Gasteiger partial charge in [0.15, 0.2) is 11.6 Å². The number of ether oxygens (including phenoxy) is 2. The Morgan fingerprint density at radius 2 is 1.69 bits per heavy atom. The van der Waals surface area contributed by atoms with Crippen LogP contribution in [0.3, 0.4) is 0 Å². The van der Waals surface area contributed by atoms with Crippen molar-refractivity contribution in [2.75, 3.05) is 13.2 Å². The molecule has 8 atom stereocenters. The monoisotopic (exact) mass is 620 g/mol. The van der Waals surface area contributed by atoms with Crippen LogP contribution in [0.4, 0.5) is 4.79 Å². The van der Waals surface area contributed by atoms with Gasteiger partial charge in [-0.1, -0.05) is 53.2 Å². The van der Waals surface area contributed by atoms with Crippen molar-refractivity contribution >= 4 is 23.6 Å². The molecule has 3 fully saturated rings. The van der Waals surface area contributed by atoms with Crippen molar-refractivity contribution < 1.29 is 28.7 Å². The van der Waals surface area contributed by atoms with Crippen LogP contribution in [0.2, 0.25) is 0 Å². The molecule has 5 aliphatic rings. The highest BCUT2D eigenvalue weighted by molar-refractivity contribution is 6.02. The van der Waals surface area contributed by atoms with Gasteiger partial charge in [0.1, 0.15) is 18.2 Å². The largest absolute Gasteiger partial charge is 0.464 e. The maximum absolute atomic E-state index is 14.6. The van der Waals surface area contributed by atoms with Gasteiger partial charge in [-0.2, -0.15) is 5.26 Å². The number of amides is 1. The second-order valence-corrected chi connectivity index (χ2v) is 17.3. The number of rotatable bonds is 4. The Balaban J connectivity index is 1.46. The van der Waals surface area contributed by atoms with Crippen molar-refractivity contribution in [3.8, 4) is 6.07 Å². The maximum atomic E-state index is 14.6. The van der Waals surface area contributed by atoms with Gasteiger partial charge in [0, 0.05) is 22.7 Å². The van der Waals surface area contributed by atoms with E-state index in [4.69, 9.17) is 9.47 Å². The van der Waals surface area contributed by atoms with Crippen LogP contribution in [0.25, 0.3) is 0 Å². The fourth-order valence-corrected chi connectivity index (χ4v) is 10.3. The fraction of sp³-hybridized carbons (Fsp3) is 0.757. The number of Topliss-reactive ketones (excluding diaryl/α,β-unsaturated/α-hetero) is 1. The van der Waals surface area contributed by atoms with Gasteiger partial charge in [0.05, 0.1) is 12.2 Å². The third-order valence-corrected chi connectivity index (χ3v) is 13.0. The second-order valence-electron chi connectivity index (χ2n) is 17.3. The molecule has 0 bridgehead atoms. The molecule has 0 spiro atoms. The van der Waals surface area contributed by atoms with E-state index in [1.165, 1.54) is 0 Å². The van der Waals surface area contributed by atoms with Crippen LogP contribution in [-0.2, 0) is 23.9 Å². The van der Waals surface area contributed by atoms with E-state index >= 15 is 0 Å². The van der Waals surface area contributed by atoms with Crippen LogP contribution >= 0.6 is 0 Å². The Labute approximate surface area is 268 Å². The Bertz CT molecular complexity index is 1410. The summed E-state index contributed by atoms with van der Waals surface area (Å²) in [6, 6.07) is 2.15. The molecule has 0 radical (unpaired) electrons.